The van der Waals surface area contributed by atoms with E-state index in [0.29, 0.717) is 17.9 Å². The molecule has 1 heterocycles. The quantitative estimate of drug-likeness (QED) is 0.911. The van der Waals surface area contributed by atoms with Crippen molar-refractivity contribution in [1.29, 1.82) is 0 Å². The van der Waals surface area contributed by atoms with Crippen LogP contribution in [0.2, 0.25) is 0 Å². The molecule has 2 aliphatic carbocycles. The van der Waals surface area contributed by atoms with Crippen LogP contribution in [0.4, 0.5) is 0 Å². The van der Waals surface area contributed by atoms with Gasteiger partial charge in [-0.15, -0.1) is 0 Å². The molecular formula is C17H29N3O. The molecule has 2 saturated carbocycles. The summed E-state index contributed by atoms with van der Waals surface area (Å²) in [5.41, 5.74) is 0. The van der Waals surface area contributed by atoms with Crippen molar-refractivity contribution in [3.8, 4) is 0 Å². The van der Waals surface area contributed by atoms with Crippen LogP contribution in [0.3, 0.4) is 0 Å². The van der Waals surface area contributed by atoms with Gasteiger partial charge >= 0.3 is 0 Å². The van der Waals surface area contributed by atoms with E-state index in [-0.39, 0.29) is 0 Å². The Morgan fingerprint density at radius 1 is 1.14 bits per heavy atom. The maximum Gasteiger partial charge on any atom is 0.231 e. The molecular weight excluding hydrogens is 262 g/mol. The summed E-state index contributed by atoms with van der Waals surface area (Å²) in [7, 11) is 0. The third-order valence-corrected chi connectivity index (χ3v) is 5.31. The third kappa shape index (κ3) is 3.47. The van der Waals surface area contributed by atoms with E-state index in [0.717, 1.165) is 24.2 Å². The first-order valence-electron chi connectivity index (χ1n) is 8.84. The Balaban J connectivity index is 1.71. The Hall–Kier alpha value is -0.900. The first-order valence-corrected chi connectivity index (χ1v) is 8.84. The topological polar surface area (TPSA) is 51.0 Å². The molecule has 0 bridgehead atoms. The summed E-state index contributed by atoms with van der Waals surface area (Å²) in [4.78, 5) is 4.81. The van der Waals surface area contributed by atoms with Gasteiger partial charge in [-0.1, -0.05) is 44.7 Å². The lowest BCUT2D eigenvalue weighted by Gasteiger charge is -2.29. The van der Waals surface area contributed by atoms with E-state index in [9.17, 15) is 0 Å². The average molecular weight is 291 g/mol. The predicted octanol–water partition coefficient (Wildman–Crippen LogP) is 4.00. The number of aromatic nitrogens is 2. The van der Waals surface area contributed by atoms with Gasteiger partial charge in [0, 0.05) is 12.0 Å². The van der Waals surface area contributed by atoms with Crippen molar-refractivity contribution in [3.63, 3.8) is 0 Å². The van der Waals surface area contributed by atoms with Gasteiger partial charge in [0.25, 0.3) is 0 Å². The van der Waals surface area contributed by atoms with Crippen molar-refractivity contribution in [2.24, 2.45) is 5.92 Å². The van der Waals surface area contributed by atoms with Gasteiger partial charge in [-0.3, -0.25) is 0 Å². The van der Waals surface area contributed by atoms with Crippen LogP contribution in [0.15, 0.2) is 4.52 Å². The van der Waals surface area contributed by atoms with Crippen molar-refractivity contribution in [1.82, 2.24) is 15.5 Å². The van der Waals surface area contributed by atoms with Gasteiger partial charge in [-0.2, -0.15) is 4.98 Å². The molecule has 0 aromatic carbocycles. The molecule has 4 unspecified atom stereocenters. The van der Waals surface area contributed by atoms with Gasteiger partial charge in [0.15, 0.2) is 5.82 Å². The highest BCUT2D eigenvalue weighted by Crippen LogP contribution is 2.37. The fourth-order valence-corrected chi connectivity index (χ4v) is 4.17. The summed E-state index contributed by atoms with van der Waals surface area (Å²) in [5.74, 6) is 3.59. The molecule has 4 heteroatoms. The van der Waals surface area contributed by atoms with Crippen LogP contribution < -0.4 is 5.32 Å². The minimum Gasteiger partial charge on any atom is -0.339 e. The van der Waals surface area contributed by atoms with Gasteiger partial charge in [-0.25, -0.2) is 0 Å². The van der Waals surface area contributed by atoms with Gasteiger partial charge in [-0.05, 0) is 38.1 Å². The molecule has 2 aliphatic rings. The number of hydrogen-bond donors (Lipinski definition) is 1. The summed E-state index contributed by atoms with van der Waals surface area (Å²) in [6.45, 7) is 5.53. The SMILES string of the molecule is CCNC1CCCCC1c1nc(C2CCCC(C)C2)no1. The van der Waals surface area contributed by atoms with E-state index in [1.165, 1.54) is 51.4 Å². The Bertz CT molecular complexity index is 443. The van der Waals surface area contributed by atoms with E-state index in [1.54, 1.807) is 0 Å². The largest absolute Gasteiger partial charge is 0.339 e. The zero-order valence-electron chi connectivity index (χ0n) is 13.5. The molecule has 1 aromatic heterocycles. The fraction of sp³-hybridized carbons (Fsp3) is 0.882. The highest BCUT2D eigenvalue weighted by molar-refractivity contribution is 5.04. The Morgan fingerprint density at radius 2 is 2.00 bits per heavy atom. The Kier molecular flexibility index (Phi) is 4.94. The third-order valence-electron chi connectivity index (χ3n) is 5.31. The van der Waals surface area contributed by atoms with Crippen molar-refractivity contribution in [2.45, 2.75) is 83.1 Å². The first kappa shape index (κ1) is 15.0. The molecule has 4 nitrogen and oxygen atoms in total. The molecule has 0 saturated heterocycles. The highest BCUT2D eigenvalue weighted by atomic mass is 16.5. The minimum absolute atomic E-state index is 0.418. The van der Waals surface area contributed by atoms with E-state index < -0.39 is 0 Å². The fourth-order valence-electron chi connectivity index (χ4n) is 4.17. The van der Waals surface area contributed by atoms with E-state index >= 15 is 0 Å². The highest BCUT2D eigenvalue weighted by Gasteiger charge is 2.32. The smallest absolute Gasteiger partial charge is 0.231 e. The second kappa shape index (κ2) is 6.91. The normalized spacial score (nSPS) is 34.0. The summed E-state index contributed by atoms with van der Waals surface area (Å²) in [6.07, 6.45) is 10.1. The van der Waals surface area contributed by atoms with Gasteiger partial charge in [0.1, 0.15) is 0 Å². The summed E-state index contributed by atoms with van der Waals surface area (Å²) in [6, 6.07) is 0.516. The van der Waals surface area contributed by atoms with Crippen LogP contribution in [0.25, 0.3) is 0 Å². The van der Waals surface area contributed by atoms with Crippen molar-refractivity contribution < 1.29 is 4.52 Å². The molecule has 0 amide bonds. The lowest BCUT2D eigenvalue weighted by atomic mass is 9.82. The standard InChI is InChI=1S/C17H29N3O/c1-3-18-15-10-5-4-9-14(15)17-19-16(20-21-17)13-8-6-7-12(2)11-13/h12-15,18H,3-11H2,1-2H3. The first-order chi connectivity index (χ1) is 10.3. The Morgan fingerprint density at radius 3 is 2.81 bits per heavy atom. The minimum atomic E-state index is 0.418. The molecule has 0 radical (unpaired) electrons. The van der Waals surface area contributed by atoms with E-state index in [4.69, 9.17) is 9.51 Å². The number of nitrogens with one attached hydrogen (secondary N) is 1. The summed E-state index contributed by atoms with van der Waals surface area (Å²) >= 11 is 0. The van der Waals surface area contributed by atoms with E-state index in [2.05, 4.69) is 24.3 Å². The van der Waals surface area contributed by atoms with Crippen molar-refractivity contribution in [3.05, 3.63) is 11.7 Å². The lowest BCUT2D eigenvalue weighted by molar-refractivity contribution is 0.262. The number of rotatable bonds is 4. The number of nitrogens with zero attached hydrogens (tertiary/aromatic N) is 2. The summed E-state index contributed by atoms with van der Waals surface area (Å²) in [5, 5.41) is 7.93. The maximum absolute atomic E-state index is 5.67. The maximum atomic E-state index is 5.67. The Labute approximate surface area is 128 Å². The van der Waals surface area contributed by atoms with Crippen LogP contribution in [-0.4, -0.2) is 22.7 Å². The second-order valence-corrected chi connectivity index (χ2v) is 7.01. The van der Waals surface area contributed by atoms with Crippen molar-refractivity contribution in [2.75, 3.05) is 6.54 Å². The molecule has 0 spiro atoms. The van der Waals surface area contributed by atoms with Gasteiger partial charge < -0.3 is 9.84 Å². The molecule has 0 aliphatic heterocycles. The van der Waals surface area contributed by atoms with Gasteiger partial charge in [0.2, 0.25) is 5.89 Å². The summed E-state index contributed by atoms with van der Waals surface area (Å²) < 4.78 is 5.67. The zero-order valence-corrected chi connectivity index (χ0v) is 13.5. The second-order valence-electron chi connectivity index (χ2n) is 7.01. The zero-order chi connectivity index (χ0) is 14.7. The lowest BCUT2D eigenvalue weighted by Crippen LogP contribution is -2.37. The molecule has 21 heavy (non-hydrogen) atoms. The molecule has 118 valence electrons. The van der Waals surface area contributed by atoms with Crippen LogP contribution in [0.5, 0.6) is 0 Å². The van der Waals surface area contributed by atoms with Crippen molar-refractivity contribution >= 4 is 0 Å². The average Bonchev–Trinajstić information content (AvgIpc) is 2.98. The van der Waals surface area contributed by atoms with Gasteiger partial charge in [0.05, 0.1) is 5.92 Å². The van der Waals surface area contributed by atoms with Crippen LogP contribution >= 0.6 is 0 Å². The monoisotopic (exact) mass is 291 g/mol. The molecule has 1 N–H and O–H groups in total. The molecule has 3 rings (SSSR count). The molecule has 2 fully saturated rings. The number of likely N-dealkylation sites (N-methyl/N-ethyl adjacent to an activating group) is 1. The van der Waals surface area contributed by atoms with Crippen LogP contribution in [0, 0.1) is 5.92 Å². The van der Waals surface area contributed by atoms with Crippen LogP contribution in [0.1, 0.15) is 88.8 Å². The predicted molar refractivity (Wildman–Crippen MR) is 83.3 cm³/mol. The molecule has 4 atom stereocenters. The van der Waals surface area contributed by atoms with Crippen LogP contribution in [-0.2, 0) is 0 Å². The molecule has 1 aromatic rings. The van der Waals surface area contributed by atoms with E-state index in [1.807, 2.05) is 0 Å². The number of hydrogen-bond acceptors (Lipinski definition) is 4.